The molecule has 7 heteroatoms. The van der Waals surface area contributed by atoms with Gasteiger partial charge >= 0.3 is 0 Å². The van der Waals surface area contributed by atoms with E-state index in [1.165, 1.54) is 0 Å². The van der Waals surface area contributed by atoms with Crippen molar-refractivity contribution >= 4 is 5.91 Å². The highest BCUT2D eigenvalue weighted by molar-refractivity contribution is 5.77. The zero-order valence-electron chi connectivity index (χ0n) is 16.3. The molecule has 1 amide bonds. The summed E-state index contributed by atoms with van der Waals surface area (Å²) in [6, 6.07) is 0.820. The molecule has 2 aliphatic heterocycles. The molecule has 0 saturated carbocycles. The monoisotopic (exact) mass is 370 g/mol. The molecule has 0 radical (unpaired) electrons. The van der Waals surface area contributed by atoms with E-state index in [4.69, 9.17) is 0 Å². The summed E-state index contributed by atoms with van der Waals surface area (Å²) in [6.07, 6.45) is 11.1. The summed E-state index contributed by atoms with van der Waals surface area (Å²) in [5, 5.41) is 0. The molecule has 2 saturated heterocycles. The quantitative estimate of drug-likeness (QED) is 0.847. The molecule has 2 atom stereocenters. The van der Waals surface area contributed by atoms with E-state index in [-0.39, 0.29) is 0 Å². The molecule has 7 nitrogen and oxygen atoms in total. The second-order valence-corrected chi connectivity index (χ2v) is 8.15. The van der Waals surface area contributed by atoms with E-state index >= 15 is 0 Å². The van der Waals surface area contributed by atoms with Crippen LogP contribution in [0.4, 0.5) is 0 Å². The fourth-order valence-corrected chi connectivity index (χ4v) is 4.66. The van der Waals surface area contributed by atoms with Crippen molar-refractivity contribution in [3.63, 3.8) is 0 Å². The van der Waals surface area contributed by atoms with Gasteiger partial charge in [0.15, 0.2) is 0 Å². The zero-order valence-corrected chi connectivity index (χ0v) is 16.3. The standard InChI is InChI=1S/C20H30N6O/c1-15(2)25-10-7-22-19(25)13-24-8-6-18-16(12-24)3-4-20(27)26(18)9-5-17-11-21-14-23-17/h7,10-11,14-16,18H,3-6,8-9,12-13H2,1-2H3,(H,21,23)/t16-,18+/m0/s1. The van der Waals surface area contributed by atoms with Crippen molar-refractivity contribution in [2.45, 2.75) is 58.2 Å². The van der Waals surface area contributed by atoms with E-state index < -0.39 is 0 Å². The Morgan fingerprint density at radius 2 is 2.22 bits per heavy atom. The molecule has 2 aliphatic rings. The van der Waals surface area contributed by atoms with Gasteiger partial charge in [-0.1, -0.05) is 0 Å². The van der Waals surface area contributed by atoms with Crippen LogP contribution in [0.5, 0.6) is 0 Å². The molecule has 4 heterocycles. The lowest BCUT2D eigenvalue weighted by Crippen LogP contribution is -2.56. The first-order valence-electron chi connectivity index (χ1n) is 10.1. The molecule has 0 aromatic carbocycles. The van der Waals surface area contributed by atoms with E-state index in [9.17, 15) is 4.79 Å². The summed E-state index contributed by atoms with van der Waals surface area (Å²) in [6.45, 7) is 8.17. The molecule has 146 valence electrons. The number of H-pyrrole nitrogens is 1. The van der Waals surface area contributed by atoms with Crippen molar-refractivity contribution in [1.82, 2.24) is 29.3 Å². The Bertz CT molecular complexity index is 752. The molecule has 27 heavy (non-hydrogen) atoms. The first kappa shape index (κ1) is 18.2. The number of rotatable bonds is 6. The summed E-state index contributed by atoms with van der Waals surface area (Å²) in [5.74, 6) is 2.03. The minimum Gasteiger partial charge on any atom is -0.348 e. The Labute approximate surface area is 160 Å². The predicted octanol–water partition coefficient (Wildman–Crippen LogP) is 2.24. The Balaban J connectivity index is 1.38. The van der Waals surface area contributed by atoms with Gasteiger partial charge in [0.05, 0.1) is 12.9 Å². The highest BCUT2D eigenvalue weighted by Crippen LogP contribution is 2.32. The minimum atomic E-state index is 0.319. The smallest absolute Gasteiger partial charge is 0.222 e. The number of hydrogen-bond donors (Lipinski definition) is 1. The average Bonchev–Trinajstić information content (AvgIpc) is 3.33. The Morgan fingerprint density at radius 1 is 1.33 bits per heavy atom. The highest BCUT2D eigenvalue weighted by Gasteiger charge is 2.39. The third-order valence-electron chi connectivity index (χ3n) is 6.07. The molecule has 1 N–H and O–H groups in total. The van der Waals surface area contributed by atoms with E-state index in [0.29, 0.717) is 30.3 Å². The minimum absolute atomic E-state index is 0.319. The normalized spacial score (nSPS) is 23.8. The molecule has 2 aromatic heterocycles. The lowest BCUT2D eigenvalue weighted by atomic mass is 9.83. The van der Waals surface area contributed by atoms with Crippen LogP contribution < -0.4 is 0 Å². The van der Waals surface area contributed by atoms with Gasteiger partial charge in [-0.2, -0.15) is 0 Å². The molecule has 0 spiro atoms. The SMILES string of the molecule is CC(C)n1ccnc1CN1CC[C@@H]2[C@@H](CCC(=O)N2CCc2cnc[nH]2)C1. The topological polar surface area (TPSA) is 70.1 Å². The van der Waals surface area contributed by atoms with Crippen molar-refractivity contribution in [1.29, 1.82) is 0 Å². The fraction of sp³-hybridized carbons (Fsp3) is 0.650. The first-order valence-corrected chi connectivity index (χ1v) is 10.1. The summed E-state index contributed by atoms with van der Waals surface area (Å²) in [4.78, 5) is 29.0. The van der Waals surface area contributed by atoms with Crippen LogP contribution in [-0.2, 0) is 17.8 Å². The number of aromatic nitrogens is 4. The van der Waals surface area contributed by atoms with Crippen LogP contribution in [0, 0.1) is 5.92 Å². The van der Waals surface area contributed by atoms with Gasteiger partial charge in [-0.3, -0.25) is 9.69 Å². The number of nitrogens with one attached hydrogen (secondary N) is 1. The second kappa shape index (κ2) is 7.84. The van der Waals surface area contributed by atoms with Gasteiger partial charge in [-0.05, 0) is 32.6 Å². The van der Waals surface area contributed by atoms with Gasteiger partial charge < -0.3 is 14.5 Å². The first-order chi connectivity index (χ1) is 13.1. The van der Waals surface area contributed by atoms with Gasteiger partial charge in [-0.15, -0.1) is 0 Å². The lowest BCUT2D eigenvalue weighted by Gasteiger charge is -2.47. The second-order valence-electron chi connectivity index (χ2n) is 8.15. The van der Waals surface area contributed by atoms with Crippen LogP contribution in [0.25, 0.3) is 0 Å². The van der Waals surface area contributed by atoms with Crippen molar-refractivity contribution in [3.05, 3.63) is 36.4 Å². The number of likely N-dealkylation sites (tertiary alicyclic amines) is 2. The molecular weight excluding hydrogens is 340 g/mol. The zero-order chi connectivity index (χ0) is 18.8. The van der Waals surface area contributed by atoms with Crippen LogP contribution in [-0.4, -0.2) is 60.9 Å². The third-order valence-corrected chi connectivity index (χ3v) is 6.07. The molecule has 0 unspecified atom stereocenters. The van der Waals surface area contributed by atoms with Crippen molar-refractivity contribution in [3.8, 4) is 0 Å². The number of hydrogen-bond acceptors (Lipinski definition) is 4. The lowest BCUT2D eigenvalue weighted by molar-refractivity contribution is -0.141. The average molecular weight is 371 g/mol. The number of piperidine rings is 2. The van der Waals surface area contributed by atoms with E-state index in [2.05, 4.69) is 49.4 Å². The number of fused-ring (bicyclic) bond motifs is 1. The molecule has 0 bridgehead atoms. The Morgan fingerprint density at radius 3 is 3.00 bits per heavy atom. The largest absolute Gasteiger partial charge is 0.348 e. The maximum atomic E-state index is 12.5. The van der Waals surface area contributed by atoms with Crippen molar-refractivity contribution in [2.75, 3.05) is 19.6 Å². The number of nitrogens with zero attached hydrogens (tertiary/aromatic N) is 5. The van der Waals surface area contributed by atoms with Crippen LogP contribution in [0.2, 0.25) is 0 Å². The van der Waals surface area contributed by atoms with Crippen LogP contribution in [0.3, 0.4) is 0 Å². The van der Waals surface area contributed by atoms with Crippen molar-refractivity contribution < 1.29 is 4.79 Å². The Kier molecular flexibility index (Phi) is 5.29. The maximum Gasteiger partial charge on any atom is 0.222 e. The Hall–Kier alpha value is -2.15. The summed E-state index contributed by atoms with van der Waals surface area (Å²) in [7, 11) is 0. The predicted molar refractivity (Wildman–Crippen MR) is 103 cm³/mol. The van der Waals surface area contributed by atoms with Gasteiger partial charge in [-0.25, -0.2) is 9.97 Å². The number of carbonyl (C=O) groups excluding carboxylic acids is 1. The number of aromatic amines is 1. The molecule has 0 aliphatic carbocycles. The van der Waals surface area contributed by atoms with E-state index in [0.717, 1.165) is 57.0 Å². The van der Waals surface area contributed by atoms with E-state index in [1.807, 2.05) is 12.4 Å². The van der Waals surface area contributed by atoms with Crippen LogP contribution in [0.15, 0.2) is 24.9 Å². The molecule has 2 fully saturated rings. The van der Waals surface area contributed by atoms with Gasteiger partial charge in [0.25, 0.3) is 0 Å². The highest BCUT2D eigenvalue weighted by atomic mass is 16.2. The van der Waals surface area contributed by atoms with Crippen LogP contribution >= 0.6 is 0 Å². The maximum absolute atomic E-state index is 12.5. The summed E-state index contributed by atoms with van der Waals surface area (Å²) >= 11 is 0. The molecular formula is C20H30N6O. The number of amides is 1. The van der Waals surface area contributed by atoms with Gasteiger partial charge in [0, 0.05) is 68.8 Å². The van der Waals surface area contributed by atoms with Crippen LogP contribution in [0.1, 0.15) is 50.7 Å². The molecule has 2 aromatic rings. The third kappa shape index (κ3) is 3.93. The summed E-state index contributed by atoms with van der Waals surface area (Å²) < 4.78 is 2.26. The van der Waals surface area contributed by atoms with Crippen molar-refractivity contribution in [2.24, 2.45) is 5.92 Å². The number of imidazole rings is 2. The molecule has 4 rings (SSSR count). The fourth-order valence-electron chi connectivity index (χ4n) is 4.66. The van der Waals surface area contributed by atoms with E-state index in [1.54, 1.807) is 6.33 Å². The van der Waals surface area contributed by atoms with Gasteiger partial charge in [0.1, 0.15) is 5.82 Å². The number of carbonyl (C=O) groups is 1. The van der Waals surface area contributed by atoms with Gasteiger partial charge in [0.2, 0.25) is 5.91 Å². The summed E-state index contributed by atoms with van der Waals surface area (Å²) in [5.41, 5.74) is 1.10.